The lowest BCUT2D eigenvalue weighted by atomic mass is 10.1. The van der Waals surface area contributed by atoms with Crippen molar-refractivity contribution in [2.24, 2.45) is 0 Å². The number of hydrogen-bond acceptors (Lipinski definition) is 3. The smallest absolute Gasteiger partial charge is 0.293 e. The average Bonchev–Trinajstić information content (AvgIpc) is 2.76. The molecule has 2 atom stereocenters. The Kier molecular flexibility index (Phi) is 3.80. The van der Waals surface area contributed by atoms with E-state index in [1.54, 1.807) is 0 Å². The van der Waals surface area contributed by atoms with Crippen LogP contribution in [0.4, 0.5) is 0 Å². The molecule has 0 bridgehead atoms. The van der Waals surface area contributed by atoms with Crippen molar-refractivity contribution in [3.63, 3.8) is 0 Å². The van der Waals surface area contributed by atoms with Gasteiger partial charge in [-0.3, -0.25) is 4.79 Å². The summed E-state index contributed by atoms with van der Waals surface area (Å²) < 4.78 is 4.76. The van der Waals surface area contributed by atoms with Gasteiger partial charge in [0.2, 0.25) is 0 Å². The van der Waals surface area contributed by atoms with Gasteiger partial charge in [-0.15, -0.1) is 0 Å². The number of rotatable bonds is 4. The molecule has 86 valence electrons. The number of carbonyl (C=O) groups excluding carboxylic acids is 1. The Morgan fingerprint density at radius 2 is 2.12 bits per heavy atom. The predicted molar refractivity (Wildman–Crippen MR) is 62.4 cm³/mol. The first kappa shape index (κ1) is 11.4. The minimum atomic E-state index is 0.269. The van der Waals surface area contributed by atoms with E-state index in [1.807, 2.05) is 24.3 Å². The maximum Gasteiger partial charge on any atom is 0.293 e. The monoisotopic (exact) mass is 239 g/mol. The Balaban J connectivity index is 1.92. The van der Waals surface area contributed by atoms with Crippen molar-refractivity contribution in [2.45, 2.75) is 24.9 Å². The maximum absolute atomic E-state index is 10.1. The zero-order valence-corrected chi connectivity index (χ0v) is 9.61. The van der Waals surface area contributed by atoms with Gasteiger partial charge in [-0.2, -0.15) is 0 Å². The Bertz CT molecular complexity index is 353. The number of nitrogens with one attached hydrogen (secondary N) is 1. The van der Waals surface area contributed by atoms with Gasteiger partial charge in [0.1, 0.15) is 6.61 Å². The van der Waals surface area contributed by atoms with Crippen LogP contribution in [0.2, 0.25) is 5.02 Å². The average molecular weight is 240 g/mol. The lowest BCUT2D eigenvalue weighted by Crippen LogP contribution is -2.28. The summed E-state index contributed by atoms with van der Waals surface area (Å²) in [5, 5.41) is 4.19. The van der Waals surface area contributed by atoms with Crippen molar-refractivity contribution in [3.8, 4) is 0 Å². The van der Waals surface area contributed by atoms with Crippen LogP contribution in [-0.4, -0.2) is 19.1 Å². The van der Waals surface area contributed by atoms with Gasteiger partial charge in [0, 0.05) is 17.1 Å². The second-order valence-corrected chi connectivity index (χ2v) is 4.41. The van der Waals surface area contributed by atoms with Crippen molar-refractivity contribution in [1.29, 1.82) is 0 Å². The Hall–Kier alpha value is -1.06. The number of hydrogen-bond donors (Lipinski definition) is 1. The van der Waals surface area contributed by atoms with Crippen LogP contribution >= 0.6 is 11.6 Å². The third-order valence-electron chi connectivity index (χ3n) is 2.88. The Morgan fingerprint density at radius 3 is 2.81 bits per heavy atom. The number of ether oxygens (including phenoxy) is 1. The van der Waals surface area contributed by atoms with E-state index in [0.29, 0.717) is 19.1 Å². The van der Waals surface area contributed by atoms with E-state index in [9.17, 15) is 4.79 Å². The summed E-state index contributed by atoms with van der Waals surface area (Å²) in [5.41, 5.74) is 1.23. The van der Waals surface area contributed by atoms with Crippen LogP contribution in [0.25, 0.3) is 0 Å². The molecular weight excluding hydrogens is 226 g/mol. The summed E-state index contributed by atoms with van der Waals surface area (Å²) >= 11 is 5.84. The molecule has 3 nitrogen and oxygen atoms in total. The van der Waals surface area contributed by atoms with E-state index >= 15 is 0 Å². The van der Waals surface area contributed by atoms with Gasteiger partial charge in [-0.25, -0.2) is 0 Å². The fourth-order valence-corrected chi connectivity index (χ4v) is 2.19. The van der Waals surface area contributed by atoms with E-state index in [0.717, 1.165) is 17.9 Å². The second-order valence-electron chi connectivity index (χ2n) is 3.97. The van der Waals surface area contributed by atoms with E-state index < -0.39 is 0 Å². The van der Waals surface area contributed by atoms with Crippen molar-refractivity contribution in [1.82, 2.24) is 5.32 Å². The largest absolute Gasteiger partial charge is 0.466 e. The second kappa shape index (κ2) is 5.32. The van der Waals surface area contributed by atoms with Gasteiger partial charge in [0.05, 0.1) is 0 Å². The first-order valence-corrected chi connectivity index (χ1v) is 5.74. The van der Waals surface area contributed by atoms with Gasteiger partial charge >= 0.3 is 0 Å². The fraction of sp³-hybridized carbons (Fsp3) is 0.417. The van der Waals surface area contributed by atoms with Crippen molar-refractivity contribution in [3.05, 3.63) is 34.9 Å². The molecule has 4 heteroatoms. The number of halogens is 1. The minimum Gasteiger partial charge on any atom is -0.466 e. The van der Waals surface area contributed by atoms with E-state index in [2.05, 4.69) is 5.32 Å². The van der Waals surface area contributed by atoms with Crippen molar-refractivity contribution < 1.29 is 9.53 Å². The quantitative estimate of drug-likeness (QED) is 0.820. The van der Waals surface area contributed by atoms with Crippen LogP contribution in [0.15, 0.2) is 24.3 Å². The summed E-state index contributed by atoms with van der Waals surface area (Å²) in [5.74, 6) is 0. The highest BCUT2D eigenvalue weighted by Gasteiger charge is 2.24. The lowest BCUT2D eigenvalue weighted by molar-refractivity contribution is -0.129. The molecule has 0 amide bonds. The molecule has 1 fully saturated rings. The first-order chi connectivity index (χ1) is 7.79. The molecule has 2 rings (SSSR count). The predicted octanol–water partition coefficient (Wildman–Crippen LogP) is 2.31. The van der Waals surface area contributed by atoms with Crippen LogP contribution in [0.5, 0.6) is 0 Å². The van der Waals surface area contributed by atoms with E-state index in [4.69, 9.17) is 16.3 Å². The molecule has 1 aliphatic heterocycles. The van der Waals surface area contributed by atoms with Crippen molar-refractivity contribution >= 4 is 18.1 Å². The van der Waals surface area contributed by atoms with Gasteiger partial charge in [-0.05, 0) is 30.5 Å². The van der Waals surface area contributed by atoms with Crippen LogP contribution in [0.1, 0.15) is 24.4 Å². The molecule has 1 aliphatic rings. The highest BCUT2D eigenvalue weighted by molar-refractivity contribution is 6.30. The molecule has 0 saturated carbocycles. The third kappa shape index (κ3) is 2.74. The molecule has 1 heterocycles. The normalized spacial score (nSPS) is 24.3. The highest BCUT2D eigenvalue weighted by Crippen LogP contribution is 2.27. The standard InChI is InChI=1S/C12H14ClNO2/c13-10-3-1-9(2-4-10)12-6-5-11(14-12)7-16-8-15/h1-4,8,11-12,14H,5-7H2. The zero-order chi connectivity index (χ0) is 11.4. The molecular formula is C12H14ClNO2. The summed E-state index contributed by atoms with van der Waals surface area (Å²) in [6, 6.07) is 8.47. The fourth-order valence-electron chi connectivity index (χ4n) is 2.06. The van der Waals surface area contributed by atoms with Gasteiger partial charge in [0.25, 0.3) is 6.47 Å². The summed E-state index contributed by atoms with van der Waals surface area (Å²) in [7, 11) is 0. The molecule has 16 heavy (non-hydrogen) atoms. The number of benzene rings is 1. The molecule has 1 saturated heterocycles. The molecule has 1 aromatic carbocycles. The van der Waals surface area contributed by atoms with E-state index in [1.165, 1.54) is 5.56 Å². The molecule has 0 spiro atoms. The molecule has 0 aliphatic carbocycles. The van der Waals surface area contributed by atoms with Gasteiger partial charge in [-0.1, -0.05) is 23.7 Å². The minimum absolute atomic E-state index is 0.269. The van der Waals surface area contributed by atoms with Gasteiger partial charge in [0.15, 0.2) is 0 Å². The highest BCUT2D eigenvalue weighted by atomic mass is 35.5. The van der Waals surface area contributed by atoms with Crippen LogP contribution < -0.4 is 5.32 Å². The summed E-state index contributed by atoms with van der Waals surface area (Å²) in [4.78, 5) is 10.1. The Labute approximate surface area is 99.7 Å². The Morgan fingerprint density at radius 1 is 1.38 bits per heavy atom. The van der Waals surface area contributed by atoms with Gasteiger partial charge < -0.3 is 10.1 Å². The first-order valence-electron chi connectivity index (χ1n) is 5.36. The molecule has 0 aromatic heterocycles. The van der Waals surface area contributed by atoms with E-state index in [-0.39, 0.29) is 6.04 Å². The topological polar surface area (TPSA) is 38.3 Å². The summed E-state index contributed by atoms with van der Waals surface area (Å²) in [6.45, 7) is 0.949. The third-order valence-corrected chi connectivity index (χ3v) is 3.13. The number of carbonyl (C=O) groups is 1. The summed E-state index contributed by atoms with van der Waals surface area (Å²) in [6.07, 6.45) is 2.09. The molecule has 0 radical (unpaired) electrons. The molecule has 1 N–H and O–H groups in total. The van der Waals surface area contributed by atoms with Crippen LogP contribution in [0, 0.1) is 0 Å². The molecule has 1 aromatic rings. The molecule has 2 unspecified atom stereocenters. The van der Waals surface area contributed by atoms with Crippen molar-refractivity contribution in [2.75, 3.05) is 6.61 Å². The van der Waals surface area contributed by atoms with Crippen LogP contribution in [0.3, 0.4) is 0 Å². The maximum atomic E-state index is 10.1. The lowest BCUT2D eigenvalue weighted by Gasteiger charge is -2.13. The van der Waals surface area contributed by atoms with Crippen LogP contribution in [-0.2, 0) is 9.53 Å². The SMILES string of the molecule is O=COCC1CCC(c2ccc(Cl)cc2)N1. The zero-order valence-electron chi connectivity index (χ0n) is 8.86.